The molecular weight excluding hydrogens is 438 g/mol. The van der Waals surface area contributed by atoms with Crippen LogP contribution in [0.4, 0.5) is 0 Å². The first-order chi connectivity index (χ1) is 15.4. The molecule has 0 aliphatic carbocycles. The summed E-state index contributed by atoms with van der Waals surface area (Å²) in [6.45, 7) is 9.46. The fourth-order valence-electron chi connectivity index (χ4n) is 4.16. The highest BCUT2D eigenvalue weighted by molar-refractivity contribution is 7.75. The van der Waals surface area contributed by atoms with E-state index < -0.39 is 15.1 Å². The second kappa shape index (κ2) is 24.7. The van der Waals surface area contributed by atoms with Crippen molar-refractivity contribution >= 4 is 15.1 Å². The fraction of sp³-hybridized carbons (Fsp3) is 1.00. The Morgan fingerprint density at radius 1 is 0.531 bits per heavy atom. The van der Waals surface area contributed by atoms with Crippen molar-refractivity contribution in [2.24, 2.45) is 0 Å². The predicted molar refractivity (Wildman–Crippen MR) is 145 cm³/mol. The van der Waals surface area contributed by atoms with Gasteiger partial charge in [-0.2, -0.15) is 0 Å². The maximum absolute atomic E-state index is 9.95. The van der Waals surface area contributed by atoms with Gasteiger partial charge < -0.3 is 13.9 Å². The second-order valence-corrected chi connectivity index (χ2v) is 15.4. The Morgan fingerprint density at radius 2 is 0.812 bits per heavy atom. The van der Waals surface area contributed by atoms with E-state index in [1.165, 1.54) is 96.3 Å². The molecule has 0 radical (unpaired) electrons. The summed E-state index contributed by atoms with van der Waals surface area (Å²) in [6, 6.07) is 0. The highest BCUT2D eigenvalue weighted by Gasteiger charge is 2.34. The first-order valence-corrected chi connectivity index (χ1v) is 17.6. The molecule has 0 saturated carbocycles. The van der Waals surface area contributed by atoms with Gasteiger partial charge in [0.15, 0.2) is 0 Å². The van der Waals surface area contributed by atoms with Crippen molar-refractivity contribution in [3.8, 4) is 0 Å². The number of phosphoric acid groups is 1. The number of rotatable bonds is 22. The fourth-order valence-corrected chi connectivity index (χ4v) is 9.51. The third kappa shape index (κ3) is 22.3. The van der Waals surface area contributed by atoms with Gasteiger partial charge >= 0.3 is 0 Å². The van der Waals surface area contributed by atoms with Crippen molar-refractivity contribution in [3.05, 3.63) is 0 Å². The highest BCUT2D eigenvalue weighted by atomic mass is 31.2. The molecule has 0 aliphatic heterocycles. The molecule has 0 atom stereocenters. The first kappa shape index (κ1) is 34.7. The van der Waals surface area contributed by atoms with Crippen molar-refractivity contribution in [3.63, 3.8) is 0 Å². The molecule has 0 aromatic carbocycles. The second-order valence-electron chi connectivity index (χ2n) is 9.29. The summed E-state index contributed by atoms with van der Waals surface area (Å²) in [4.78, 5) is 9.95. The molecular formula is C26H58O4P2. The Bertz CT molecular complexity index is 389. The van der Waals surface area contributed by atoms with Gasteiger partial charge in [0.05, 0.1) is 24.6 Å². The quantitative estimate of drug-likeness (QED) is 0.111. The minimum atomic E-state index is -3.90. The minimum Gasteiger partial charge on any atom is -0.756 e. The van der Waals surface area contributed by atoms with Crippen molar-refractivity contribution in [1.29, 1.82) is 0 Å². The largest absolute Gasteiger partial charge is 0.756 e. The van der Waals surface area contributed by atoms with Gasteiger partial charge in [0.2, 0.25) is 0 Å². The van der Waals surface area contributed by atoms with E-state index >= 15 is 0 Å². The molecule has 0 amide bonds. The molecule has 6 heteroatoms. The molecule has 0 spiro atoms. The molecule has 32 heavy (non-hydrogen) atoms. The summed E-state index contributed by atoms with van der Waals surface area (Å²) in [5, 5.41) is 0. The van der Waals surface area contributed by atoms with E-state index in [9.17, 15) is 9.46 Å². The monoisotopic (exact) mass is 496 g/mol. The summed E-state index contributed by atoms with van der Waals surface area (Å²) >= 11 is 0. The van der Waals surface area contributed by atoms with Gasteiger partial charge in [0.25, 0.3) is 7.82 Å². The zero-order chi connectivity index (χ0) is 24.6. The Kier molecular flexibility index (Phi) is 26.7. The molecule has 4 nitrogen and oxygen atoms in total. The van der Waals surface area contributed by atoms with Gasteiger partial charge in [0.1, 0.15) is 0 Å². The zero-order valence-electron chi connectivity index (χ0n) is 22.7. The lowest BCUT2D eigenvalue weighted by atomic mass is 10.1. The third-order valence-electron chi connectivity index (χ3n) is 6.39. The Labute approximate surface area is 203 Å². The molecule has 0 N–H and O–H groups in total. The lowest BCUT2D eigenvalue weighted by Crippen LogP contribution is -2.13. The van der Waals surface area contributed by atoms with Crippen molar-refractivity contribution in [2.75, 3.05) is 38.9 Å². The minimum absolute atomic E-state index is 0.620. The Balaban J connectivity index is 0. The number of phosphoric ester groups is 1. The Hall–Kier alpha value is 0.540. The van der Waals surface area contributed by atoms with Gasteiger partial charge in [-0.05, 0) is 32.1 Å². The van der Waals surface area contributed by atoms with Crippen LogP contribution >= 0.6 is 15.1 Å². The van der Waals surface area contributed by atoms with E-state index in [2.05, 4.69) is 36.7 Å². The lowest BCUT2D eigenvalue weighted by Gasteiger charge is -2.28. The van der Waals surface area contributed by atoms with Gasteiger partial charge in [-0.1, -0.05) is 98.3 Å². The van der Waals surface area contributed by atoms with E-state index in [4.69, 9.17) is 0 Å². The molecule has 0 unspecified atom stereocenters. The van der Waals surface area contributed by atoms with Crippen LogP contribution < -0.4 is 4.89 Å². The van der Waals surface area contributed by atoms with Gasteiger partial charge in [-0.25, -0.2) is 0 Å². The van der Waals surface area contributed by atoms with Crippen LogP contribution in [-0.4, -0.2) is 38.9 Å². The molecule has 0 saturated heterocycles. The van der Waals surface area contributed by atoms with Crippen LogP contribution in [0, 0.1) is 0 Å². The molecule has 0 aliphatic rings. The summed E-state index contributed by atoms with van der Waals surface area (Å²) in [5.74, 6) is 0. The van der Waals surface area contributed by atoms with Gasteiger partial charge in [0, 0.05) is 21.5 Å². The van der Waals surface area contributed by atoms with E-state index in [1.807, 2.05) is 0 Å². The van der Waals surface area contributed by atoms with Gasteiger partial charge in [-0.15, -0.1) is 0 Å². The maximum atomic E-state index is 9.95. The average Bonchev–Trinajstić information content (AvgIpc) is 2.81. The maximum Gasteiger partial charge on any atom is 0.267 e. The summed E-state index contributed by atoms with van der Waals surface area (Å²) in [5.41, 5.74) is 0. The van der Waals surface area contributed by atoms with Crippen molar-refractivity contribution in [2.45, 2.75) is 130 Å². The van der Waals surface area contributed by atoms with E-state index in [-0.39, 0.29) is 0 Å². The summed E-state index contributed by atoms with van der Waals surface area (Å²) in [6.07, 6.45) is 30.0. The van der Waals surface area contributed by atoms with Gasteiger partial charge in [-0.3, -0.25) is 4.57 Å². The zero-order valence-corrected chi connectivity index (χ0v) is 24.5. The summed E-state index contributed by atoms with van der Waals surface area (Å²) in [7, 11) is -2.45. The molecule has 0 bridgehead atoms. The first-order valence-electron chi connectivity index (χ1n) is 13.6. The van der Waals surface area contributed by atoms with E-state index in [0.29, 0.717) is 0 Å². The van der Waals surface area contributed by atoms with Crippen LogP contribution in [-0.2, 0) is 13.6 Å². The normalized spacial score (nSPS) is 12.0. The Morgan fingerprint density at radius 3 is 1.09 bits per heavy atom. The molecule has 0 heterocycles. The molecule has 0 aromatic rings. The molecule has 0 aromatic heterocycles. The van der Waals surface area contributed by atoms with Crippen molar-refractivity contribution in [1.82, 2.24) is 0 Å². The van der Waals surface area contributed by atoms with Crippen LogP contribution in [0.25, 0.3) is 0 Å². The molecule has 0 fully saturated rings. The third-order valence-corrected chi connectivity index (χ3v) is 12.3. The van der Waals surface area contributed by atoms with Crippen LogP contribution in [0.3, 0.4) is 0 Å². The smallest absolute Gasteiger partial charge is 0.267 e. The average molecular weight is 497 g/mol. The van der Waals surface area contributed by atoms with Crippen molar-refractivity contribution < 1.29 is 18.5 Å². The SMILES string of the molecule is CCCCCCCCCCCC[P+](CCCC)(CCCC)CCCC.COP(=O)([O-])OC. The van der Waals surface area contributed by atoms with Crippen LogP contribution in [0.1, 0.15) is 130 Å². The molecule has 0 rings (SSSR count). The van der Waals surface area contributed by atoms with Crippen LogP contribution in [0.5, 0.6) is 0 Å². The topological polar surface area (TPSA) is 58.6 Å². The number of hydrogen-bond donors (Lipinski definition) is 0. The van der Waals surface area contributed by atoms with Crippen LogP contribution in [0.2, 0.25) is 0 Å². The molecule has 196 valence electrons. The van der Waals surface area contributed by atoms with Crippen LogP contribution in [0.15, 0.2) is 0 Å². The number of unbranched alkanes of at least 4 members (excludes halogenated alkanes) is 12. The lowest BCUT2D eigenvalue weighted by molar-refractivity contribution is -0.220. The summed E-state index contributed by atoms with van der Waals surface area (Å²) < 4.78 is 17.7. The van der Waals surface area contributed by atoms with E-state index in [1.54, 1.807) is 31.1 Å². The standard InChI is InChI=1S/C24H52P.C2H7O4P/c1-5-9-13-14-15-16-17-18-19-20-24-25(21-10-6-2,22-11-7-3)23-12-8-4;1-5-7(3,4)6-2/h5-24H2,1-4H3;1-2H3,(H,3,4)/q+1;/p-1. The highest BCUT2D eigenvalue weighted by Crippen LogP contribution is 2.61. The van der Waals surface area contributed by atoms with E-state index in [0.717, 1.165) is 14.2 Å². The predicted octanol–water partition coefficient (Wildman–Crippen LogP) is 9.07. The number of hydrogen-bond acceptors (Lipinski definition) is 4.